The number of amides is 1. The summed E-state index contributed by atoms with van der Waals surface area (Å²) in [5.41, 5.74) is 1.78. The summed E-state index contributed by atoms with van der Waals surface area (Å²) in [4.78, 5) is 23.6. The number of nitrogens with one attached hydrogen (secondary N) is 1. The SMILES string of the molecule is Cc1cccc(C(=O)OCC(=O)Nc2cc(Cl)cc(Cl)c2)c1. The highest BCUT2D eigenvalue weighted by Gasteiger charge is 2.11. The quantitative estimate of drug-likeness (QED) is 0.854. The van der Waals surface area contributed by atoms with Gasteiger partial charge in [0.2, 0.25) is 0 Å². The van der Waals surface area contributed by atoms with Crippen LogP contribution in [0.3, 0.4) is 0 Å². The van der Waals surface area contributed by atoms with E-state index in [1.54, 1.807) is 36.4 Å². The number of carbonyl (C=O) groups excluding carboxylic acids is 2. The molecule has 0 saturated heterocycles. The van der Waals surface area contributed by atoms with Gasteiger partial charge in [-0.3, -0.25) is 4.79 Å². The minimum atomic E-state index is -0.553. The van der Waals surface area contributed by atoms with Gasteiger partial charge in [0.1, 0.15) is 0 Å². The molecule has 0 saturated carbocycles. The maximum Gasteiger partial charge on any atom is 0.338 e. The number of esters is 1. The van der Waals surface area contributed by atoms with Gasteiger partial charge in [0, 0.05) is 15.7 Å². The smallest absolute Gasteiger partial charge is 0.338 e. The van der Waals surface area contributed by atoms with Gasteiger partial charge in [0.25, 0.3) is 5.91 Å². The first-order chi connectivity index (χ1) is 10.4. The zero-order valence-corrected chi connectivity index (χ0v) is 13.2. The largest absolute Gasteiger partial charge is 0.452 e. The normalized spacial score (nSPS) is 10.1. The topological polar surface area (TPSA) is 55.4 Å². The van der Waals surface area contributed by atoms with Crippen LogP contribution < -0.4 is 5.32 Å². The molecule has 0 aliphatic carbocycles. The molecule has 1 N–H and O–H groups in total. The van der Waals surface area contributed by atoms with Crippen LogP contribution in [0.15, 0.2) is 42.5 Å². The second kappa shape index (κ2) is 7.29. The van der Waals surface area contributed by atoms with Crippen molar-refractivity contribution in [2.75, 3.05) is 11.9 Å². The van der Waals surface area contributed by atoms with E-state index in [4.69, 9.17) is 27.9 Å². The van der Waals surface area contributed by atoms with Gasteiger partial charge in [0.05, 0.1) is 5.56 Å². The number of rotatable bonds is 4. The van der Waals surface area contributed by atoms with Crippen LogP contribution >= 0.6 is 23.2 Å². The van der Waals surface area contributed by atoms with Crippen LogP contribution in [0.25, 0.3) is 0 Å². The van der Waals surface area contributed by atoms with E-state index >= 15 is 0 Å². The molecule has 0 aliphatic rings. The Morgan fingerprint density at radius 1 is 1.09 bits per heavy atom. The molecule has 0 radical (unpaired) electrons. The van der Waals surface area contributed by atoms with Crippen molar-refractivity contribution in [3.63, 3.8) is 0 Å². The third-order valence-corrected chi connectivity index (χ3v) is 3.17. The van der Waals surface area contributed by atoms with Gasteiger partial charge in [-0.2, -0.15) is 0 Å². The Morgan fingerprint density at radius 3 is 2.41 bits per heavy atom. The Labute approximate surface area is 138 Å². The van der Waals surface area contributed by atoms with E-state index in [0.29, 0.717) is 21.3 Å². The second-order valence-corrected chi connectivity index (χ2v) is 5.52. The molecule has 0 spiro atoms. The minimum absolute atomic E-state index is 0.392. The fourth-order valence-electron chi connectivity index (χ4n) is 1.81. The van der Waals surface area contributed by atoms with Crippen molar-refractivity contribution in [1.29, 1.82) is 0 Å². The zero-order chi connectivity index (χ0) is 16.1. The van der Waals surface area contributed by atoms with Gasteiger partial charge in [-0.15, -0.1) is 0 Å². The Kier molecular flexibility index (Phi) is 5.41. The summed E-state index contributed by atoms with van der Waals surface area (Å²) >= 11 is 11.7. The standard InChI is InChI=1S/C16H13Cl2NO3/c1-10-3-2-4-11(5-10)16(21)22-9-15(20)19-14-7-12(17)6-13(18)8-14/h2-8H,9H2,1H3,(H,19,20). The summed E-state index contributed by atoms with van der Waals surface area (Å²) in [6, 6.07) is 11.6. The van der Waals surface area contributed by atoms with E-state index in [9.17, 15) is 9.59 Å². The van der Waals surface area contributed by atoms with E-state index in [0.717, 1.165) is 5.56 Å². The number of carbonyl (C=O) groups is 2. The molecule has 2 rings (SSSR count). The number of halogens is 2. The van der Waals surface area contributed by atoms with E-state index < -0.39 is 18.5 Å². The second-order valence-electron chi connectivity index (χ2n) is 4.65. The third-order valence-electron chi connectivity index (χ3n) is 2.73. The maximum atomic E-state index is 11.8. The summed E-state index contributed by atoms with van der Waals surface area (Å²) in [6.07, 6.45) is 0. The Balaban J connectivity index is 1.91. The molecular weight excluding hydrogens is 325 g/mol. The molecule has 22 heavy (non-hydrogen) atoms. The van der Waals surface area contributed by atoms with Crippen LogP contribution in [0.4, 0.5) is 5.69 Å². The van der Waals surface area contributed by atoms with Gasteiger partial charge >= 0.3 is 5.97 Å². The molecule has 4 nitrogen and oxygen atoms in total. The minimum Gasteiger partial charge on any atom is -0.452 e. The van der Waals surface area contributed by atoms with Crippen molar-refractivity contribution in [1.82, 2.24) is 0 Å². The average molecular weight is 338 g/mol. The Bertz CT molecular complexity index is 696. The first-order valence-corrected chi connectivity index (χ1v) is 7.19. The summed E-state index contributed by atoms with van der Waals surface area (Å²) < 4.78 is 4.96. The van der Waals surface area contributed by atoms with Crippen LogP contribution in [0, 0.1) is 6.92 Å². The van der Waals surface area contributed by atoms with Crippen LogP contribution in [0.2, 0.25) is 10.0 Å². The molecule has 114 valence electrons. The highest BCUT2D eigenvalue weighted by atomic mass is 35.5. The zero-order valence-electron chi connectivity index (χ0n) is 11.7. The van der Waals surface area contributed by atoms with E-state index in [-0.39, 0.29) is 0 Å². The summed E-state index contributed by atoms with van der Waals surface area (Å²) in [5, 5.41) is 3.36. The lowest BCUT2D eigenvalue weighted by Gasteiger charge is -2.08. The lowest BCUT2D eigenvalue weighted by atomic mass is 10.1. The number of benzene rings is 2. The Hall–Kier alpha value is -2.04. The summed E-state index contributed by atoms with van der Waals surface area (Å²) in [7, 11) is 0. The highest BCUT2D eigenvalue weighted by molar-refractivity contribution is 6.35. The van der Waals surface area contributed by atoms with Crippen molar-refractivity contribution in [3.05, 3.63) is 63.6 Å². The monoisotopic (exact) mass is 337 g/mol. The van der Waals surface area contributed by atoms with Crippen LogP contribution in [0.5, 0.6) is 0 Å². The molecule has 2 aromatic carbocycles. The van der Waals surface area contributed by atoms with Crippen LogP contribution in [-0.2, 0) is 9.53 Å². The van der Waals surface area contributed by atoms with E-state index in [1.165, 1.54) is 0 Å². The van der Waals surface area contributed by atoms with E-state index in [2.05, 4.69) is 5.32 Å². The maximum absolute atomic E-state index is 11.8. The lowest BCUT2D eigenvalue weighted by Crippen LogP contribution is -2.21. The molecular formula is C16H13Cl2NO3. The Morgan fingerprint density at radius 2 is 1.77 bits per heavy atom. The molecule has 0 aromatic heterocycles. The van der Waals surface area contributed by atoms with Crippen molar-refractivity contribution in [3.8, 4) is 0 Å². The van der Waals surface area contributed by atoms with Gasteiger partial charge in [-0.1, -0.05) is 40.9 Å². The van der Waals surface area contributed by atoms with Gasteiger partial charge < -0.3 is 10.1 Å². The lowest BCUT2D eigenvalue weighted by molar-refractivity contribution is -0.119. The number of aryl methyl sites for hydroxylation is 1. The van der Waals surface area contributed by atoms with Crippen LogP contribution in [0.1, 0.15) is 15.9 Å². The third kappa shape index (κ3) is 4.76. The predicted octanol–water partition coefficient (Wildman–Crippen LogP) is 4.10. The summed E-state index contributed by atoms with van der Waals surface area (Å²) in [5.74, 6) is -1.03. The number of hydrogen-bond donors (Lipinski definition) is 1. The molecule has 0 heterocycles. The molecule has 2 aromatic rings. The van der Waals surface area contributed by atoms with Gasteiger partial charge in [0.15, 0.2) is 6.61 Å². The van der Waals surface area contributed by atoms with E-state index in [1.807, 2.05) is 13.0 Å². The first-order valence-electron chi connectivity index (χ1n) is 6.44. The fourth-order valence-corrected chi connectivity index (χ4v) is 2.34. The molecule has 0 bridgehead atoms. The van der Waals surface area contributed by atoms with Crippen LogP contribution in [-0.4, -0.2) is 18.5 Å². The average Bonchev–Trinajstić information content (AvgIpc) is 2.43. The van der Waals surface area contributed by atoms with Gasteiger partial charge in [-0.05, 0) is 37.3 Å². The number of anilines is 1. The fraction of sp³-hybridized carbons (Fsp3) is 0.125. The van der Waals surface area contributed by atoms with Gasteiger partial charge in [-0.25, -0.2) is 4.79 Å². The highest BCUT2D eigenvalue weighted by Crippen LogP contribution is 2.22. The molecule has 6 heteroatoms. The molecule has 0 unspecified atom stereocenters. The predicted molar refractivity (Wildman–Crippen MR) is 86.6 cm³/mol. The molecule has 1 amide bonds. The van der Waals surface area contributed by atoms with Crippen molar-refractivity contribution in [2.24, 2.45) is 0 Å². The van der Waals surface area contributed by atoms with Crippen molar-refractivity contribution < 1.29 is 14.3 Å². The number of hydrogen-bond acceptors (Lipinski definition) is 3. The molecule has 0 aliphatic heterocycles. The molecule has 0 atom stereocenters. The first kappa shape index (κ1) is 16.3. The van der Waals surface area contributed by atoms with Crippen molar-refractivity contribution in [2.45, 2.75) is 6.92 Å². The number of ether oxygens (including phenoxy) is 1. The van der Waals surface area contributed by atoms with Crippen molar-refractivity contribution >= 4 is 40.8 Å². The summed E-state index contributed by atoms with van der Waals surface area (Å²) in [6.45, 7) is 1.48. The molecule has 0 fully saturated rings.